The molecule has 1 fully saturated rings. The summed E-state index contributed by atoms with van der Waals surface area (Å²) in [4.78, 5) is 42.4. The number of hydrogen-bond acceptors (Lipinski definition) is 5. The molecule has 9 nitrogen and oxygen atoms in total. The lowest BCUT2D eigenvalue weighted by Crippen LogP contribution is -2.50. The summed E-state index contributed by atoms with van der Waals surface area (Å²) in [6.45, 7) is 5.01. The highest BCUT2D eigenvalue weighted by Crippen LogP contribution is 2.21. The fraction of sp³-hybridized carbons (Fsp3) is 0.318. The number of hydrogen-bond donors (Lipinski definition) is 2. The molecule has 1 aliphatic heterocycles. The van der Waals surface area contributed by atoms with Gasteiger partial charge in [0.1, 0.15) is 0 Å². The highest BCUT2D eigenvalue weighted by atomic mass is 32.2. The Hall–Kier alpha value is -3.24. The summed E-state index contributed by atoms with van der Waals surface area (Å²) in [5.41, 5.74) is 0.679. The van der Waals surface area contributed by atoms with Crippen LogP contribution in [-0.4, -0.2) is 59.7 Å². The number of sulfonamides is 1. The highest BCUT2D eigenvalue weighted by molar-refractivity contribution is 7.89. The van der Waals surface area contributed by atoms with Crippen molar-refractivity contribution >= 4 is 26.8 Å². The second kappa shape index (κ2) is 8.36. The first kappa shape index (κ1) is 22.0. The predicted molar refractivity (Wildman–Crippen MR) is 120 cm³/mol. The molecule has 0 saturated carbocycles. The average molecular weight is 457 g/mol. The van der Waals surface area contributed by atoms with Crippen LogP contribution in [0.4, 0.5) is 0 Å². The fourth-order valence-corrected chi connectivity index (χ4v) is 5.23. The molecular weight excluding hydrogens is 432 g/mol. The van der Waals surface area contributed by atoms with Crippen LogP contribution < -0.4 is 11.2 Å². The quantitative estimate of drug-likeness (QED) is 0.616. The molecule has 32 heavy (non-hydrogen) atoms. The Bertz CT molecular complexity index is 1380. The van der Waals surface area contributed by atoms with Crippen molar-refractivity contribution in [3.8, 4) is 0 Å². The Morgan fingerprint density at radius 2 is 1.59 bits per heavy atom. The molecule has 3 aromatic rings. The Morgan fingerprint density at radius 1 is 0.938 bits per heavy atom. The number of aromatic nitrogens is 2. The maximum atomic E-state index is 13.1. The molecule has 4 rings (SSSR count). The first-order chi connectivity index (χ1) is 15.2. The molecule has 1 aromatic heterocycles. The summed E-state index contributed by atoms with van der Waals surface area (Å²) in [7, 11) is -3.86. The molecule has 1 saturated heterocycles. The molecule has 0 atom stereocenters. The summed E-state index contributed by atoms with van der Waals surface area (Å²) >= 11 is 0. The standard InChI is InChI=1S/C22H24N4O5S/c1-14(2)15-3-5-16(6-4-15)21(28)25-9-11-26(12-10-25)32(30,31)17-7-8-19-18(13-17)20(27)24-22(29)23-19/h3-8,13-14H,9-12H2,1-2H3,(H2,23,24,27,29). The van der Waals surface area contributed by atoms with Crippen LogP contribution in [0.2, 0.25) is 0 Å². The van der Waals surface area contributed by atoms with Crippen LogP contribution in [0.15, 0.2) is 56.9 Å². The first-order valence-corrected chi connectivity index (χ1v) is 11.8. The molecule has 0 aliphatic carbocycles. The van der Waals surface area contributed by atoms with Gasteiger partial charge in [-0.3, -0.25) is 14.6 Å². The summed E-state index contributed by atoms with van der Waals surface area (Å²) in [6.07, 6.45) is 0. The van der Waals surface area contributed by atoms with Crippen LogP contribution in [0.1, 0.15) is 35.7 Å². The summed E-state index contributed by atoms with van der Waals surface area (Å²) in [5, 5.41) is 0.0873. The molecule has 10 heteroatoms. The molecule has 0 unspecified atom stereocenters. The number of rotatable bonds is 4. The summed E-state index contributed by atoms with van der Waals surface area (Å²) < 4.78 is 27.5. The average Bonchev–Trinajstić information content (AvgIpc) is 2.78. The van der Waals surface area contributed by atoms with Gasteiger partial charge in [0.25, 0.3) is 11.5 Å². The van der Waals surface area contributed by atoms with E-state index in [9.17, 15) is 22.8 Å². The van der Waals surface area contributed by atoms with Crippen LogP contribution in [0.25, 0.3) is 10.9 Å². The molecule has 2 N–H and O–H groups in total. The number of fused-ring (bicyclic) bond motifs is 1. The van der Waals surface area contributed by atoms with Crippen molar-refractivity contribution in [3.63, 3.8) is 0 Å². The van der Waals surface area contributed by atoms with E-state index in [1.165, 1.54) is 22.5 Å². The minimum atomic E-state index is -3.86. The van der Waals surface area contributed by atoms with Crippen LogP contribution in [-0.2, 0) is 10.0 Å². The van der Waals surface area contributed by atoms with Crippen LogP contribution in [0.3, 0.4) is 0 Å². The van der Waals surface area contributed by atoms with Crippen LogP contribution in [0.5, 0.6) is 0 Å². The van der Waals surface area contributed by atoms with Gasteiger partial charge in [-0.25, -0.2) is 13.2 Å². The normalized spacial score (nSPS) is 15.4. The van der Waals surface area contributed by atoms with Gasteiger partial charge in [0.15, 0.2) is 0 Å². The van der Waals surface area contributed by atoms with E-state index < -0.39 is 21.3 Å². The lowest BCUT2D eigenvalue weighted by molar-refractivity contribution is 0.0698. The fourth-order valence-electron chi connectivity index (χ4n) is 3.78. The Balaban J connectivity index is 1.49. The summed E-state index contributed by atoms with van der Waals surface area (Å²) in [5.74, 6) is 0.248. The van der Waals surface area contributed by atoms with Gasteiger partial charge in [-0.1, -0.05) is 26.0 Å². The molecule has 1 aliphatic rings. The molecule has 2 heterocycles. The van der Waals surface area contributed by atoms with Crippen molar-refractivity contribution in [3.05, 3.63) is 74.4 Å². The topological polar surface area (TPSA) is 123 Å². The molecular formula is C22H24N4O5S. The maximum absolute atomic E-state index is 13.1. The Kier molecular flexibility index (Phi) is 5.74. The summed E-state index contributed by atoms with van der Waals surface area (Å²) in [6, 6.07) is 11.5. The van der Waals surface area contributed by atoms with Gasteiger partial charge in [0.05, 0.1) is 15.8 Å². The van der Waals surface area contributed by atoms with Gasteiger partial charge >= 0.3 is 5.69 Å². The monoisotopic (exact) mass is 456 g/mol. The number of aromatic amines is 2. The van der Waals surface area contributed by atoms with E-state index in [1.807, 2.05) is 12.1 Å². The van der Waals surface area contributed by atoms with Crippen LogP contribution >= 0.6 is 0 Å². The molecule has 168 valence electrons. The third-order valence-electron chi connectivity index (χ3n) is 5.70. The largest absolute Gasteiger partial charge is 0.336 e. The molecule has 2 aromatic carbocycles. The predicted octanol–water partition coefficient (Wildman–Crippen LogP) is 1.49. The second-order valence-electron chi connectivity index (χ2n) is 8.09. The van der Waals surface area contributed by atoms with Gasteiger partial charge in [-0.2, -0.15) is 4.31 Å². The number of nitrogens with zero attached hydrogens (tertiary/aromatic N) is 2. The van der Waals surface area contributed by atoms with E-state index in [2.05, 4.69) is 23.8 Å². The van der Waals surface area contributed by atoms with E-state index in [0.717, 1.165) is 5.56 Å². The van der Waals surface area contributed by atoms with E-state index in [0.29, 0.717) is 11.5 Å². The van der Waals surface area contributed by atoms with Crippen molar-refractivity contribution in [1.29, 1.82) is 0 Å². The van der Waals surface area contributed by atoms with Gasteiger partial charge in [0.2, 0.25) is 10.0 Å². The maximum Gasteiger partial charge on any atom is 0.326 e. The second-order valence-corrected chi connectivity index (χ2v) is 10.0. The molecule has 0 radical (unpaired) electrons. The highest BCUT2D eigenvalue weighted by Gasteiger charge is 2.30. The third-order valence-corrected chi connectivity index (χ3v) is 7.59. The minimum Gasteiger partial charge on any atom is -0.336 e. The van der Waals surface area contributed by atoms with E-state index in [-0.39, 0.29) is 47.9 Å². The van der Waals surface area contributed by atoms with Gasteiger partial charge in [0, 0.05) is 31.7 Å². The SMILES string of the molecule is CC(C)c1ccc(C(=O)N2CCN(S(=O)(=O)c3ccc4[nH]c(=O)[nH]c(=O)c4c3)CC2)cc1. The number of amides is 1. The van der Waals surface area contributed by atoms with Gasteiger partial charge in [-0.05, 0) is 41.8 Å². The zero-order valence-corrected chi connectivity index (χ0v) is 18.6. The number of carbonyl (C=O) groups is 1. The van der Waals surface area contributed by atoms with E-state index in [1.54, 1.807) is 17.0 Å². The molecule has 1 amide bonds. The smallest absolute Gasteiger partial charge is 0.326 e. The zero-order chi connectivity index (χ0) is 23.0. The third kappa shape index (κ3) is 4.11. The minimum absolute atomic E-state index is 0.0356. The van der Waals surface area contributed by atoms with Gasteiger partial charge < -0.3 is 9.88 Å². The lowest BCUT2D eigenvalue weighted by Gasteiger charge is -2.34. The Labute approximate surface area is 184 Å². The number of piperazine rings is 1. The van der Waals surface area contributed by atoms with E-state index in [4.69, 9.17) is 0 Å². The van der Waals surface area contributed by atoms with Crippen molar-refractivity contribution < 1.29 is 13.2 Å². The Morgan fingerprint density at radius 3 is 2.22 bits per heavy atom. The van der Waals surface area contributed by atoms with Crippen LogP contribution in [0, 0.1) is 0 Å². The number of nitrogens with one attached hydrogen (secondary N) is 2. The first-order valence-electron chi connectivity index (χ1n) is 10.3. The lowest BCUT2D eigenvalue weighted by atomic mass is 10.0. The number of carbonyl (C=O) groups excluding carboxylic acids is 1. The van der Waals surface area contributed by atoms with E-state index >= 15 is 0 Å². The number of H-pyrrole nitrogens is 2. The van der Waals surface area contributed by atoms with Gasteiger partial charge in [-0.15, -0.1) is 0 Å². The molecule has 0 spiro atoms. The van der Waals surface area contributed by atoms with Crippen molar-refractivity contribution in [2.45, 2.75) is 24.7 Å². The van der Waals surface area contributed by atoms with Crippen molar-refractivity contribution in [1.82, 2.24) is 19.2 Å². The number of benzene rings is 2. The zero-order valence-electron chi connectivity index (χ0n) is 17.8. The van der Waals surface area contributed by atoms with Crippen molar-refractivity contribution in [2.75, 3.05) is 26.2 Å². The van der Waals surface area contributed by atoms with Crippen molar-refractivity contribution in [2.24, 2.45) is 0 Å². The molecule has 0 bridgehead atoms.